The molecule has 26 heavy (non-hydrogen) atoms. The lowest BCUT2D eigenvalue weighted by atomic mass is 10.1. The van der Waals surface area contributed by atoms with Crippen molar-refractivity contribution in [3.8, 4) is 0 Å². The maximum absolute atomic E-state index is 4.94. The Morgan fingerprint density at radius 3 is 2.50 bits per heavy atom. The maximum atomic E-state index is 4.94. The summed E-state index contributed by atoms with van der Waals surface area (Å²) in [5.74, 6) is 2.59. The van der Waals surface area contributed by atoms with Crippen molar-refractivity contribution >= 4 is 35.9 Å². The van der Waals surface area contributed by atoms with Crippen molar-refractivity contribution in [2.75, 3.05) is 63.8 Å². The van der Waals surface area contributed by atoms with Crippen LogP contribution in [0.1, 0.15) is 20.3 Å². The monoisotopic (exact) mass is 473 g/mol. The number of hydrogen-bond acceptors (Lipinski definition) is 5. The van der Waals surface area contributed by atoms with Crippen LogP contribution < -0.4 is 10.2 Å². The molecule has 1 atom stereocenters. The highest BCUT2D eigenvalue weighted by atomic mass is 127. The Balaban J connectivity index is 0.00000243. The minimum atomic E-state index is 0. The summed E-state index contributed by atoms with van der Waals surface area (Å²) in [5.41, 5.74) is 0. The zero-order valence-corrected chi connectivity index (χ0v) is 18.3. The van der Waals surface area contributed by atoms with E-state index in [2.05, 4.69) is 43.8 Å². The van der Waals surface area contributed by atoms with Gasteiger partial charge in [-0.25, -0.2) is 9.97 Å². The van der Waals surface area contributed by atoms with Crippen LogP contribution >= 0.6 is 24.0 Å². The van der Waals surface area contributed by atoms with E-state index in [1.165, 1.54) is 19.5 Å². The first-order chi connectivity index (χ1) is 12.3. The molecule has 1 N–H and O–H groups in total. The van der Waals surface area contributed by atoms with Gasteiger partial charge < -0.3 is 20.0 Å². The van der Waals surface area contributed by atoms with Crippen molar-refractivity contribution in [3.05, 3.63) is 18.5 Å². The minimum absolute atomic E-state index is 0. The summed E-state index contributed by atoms with van der Waals surface area (Å²) in [6.45, 7) is 13.6. The van der Waals surface area contributed by atoms with E-state index in [1.54, 1.807) is 12.4 Å². The van der Waals surface area contributed by atoms with Crippen LogP contribution in [0.5, 0.6) is 0 Å². The lowest BCUT2D eigenvalue weighted by Crippen LogP contribution is -2.53. The number of hydrogen-bond donors (Lipinski definition) is 1. The second-order valence-corrected chi connectivity index (χ2v) is 6.77. The molecule has 2 saturated heterocycles. The first kappa shape index (κ1) is 21.1. The highest BCUT2D eigenvalue weighted by Gasteiger charge is 2.23. The molecule has 1 unspecified atom stereocenters. The zero-order valence-electron chi connectivity index (χ0n) is 16.0. The highest BCUT2D eigenvalue weighted by molar-refractivity contribution is 14.0. The normalized spacial score (nSPS) is 21.6. The molecule has 1 aromatic rings. The van der Waals surface area contributed by atoms with E-state index < -0.39 is 0 Å². The van der Waals surface area contributed by atoms with Crippen LogP contribution in [-0.2, 0) is 0 Å². The Kier molecular flexibility index (Phi) is 8.83. The molecule has 8 heteroatoms. The molecule has 0 bridgehead atoms. The molecule has 0 amide bonds. The summed E-state index contributed by atoms with van der Waals surface area (Å²) < 4.78 is 0. The van der Waals surface area contributed by atoms with Gasteiger partial charge in [0.15, 0.2) is 5.96 Å². The Hall–Kier alpha value is -1.16. The van der Waals surface area contributed by atoms with Crippen LogP contribution in [0.2, 0.25) is 0 Å². The summed E-state index contributed by atoms with van der Waals surface area (Å²) in [7, 11) is 0. The molecule has 0 aliphatic carbocycles. The van der Waals surface area contributed by atoms with E-state index in [0.717, 1.165) is 57.7 Å². The Morgan fingerprint density at radius 2 is 1.88 bits per heavy atom. The first-order valence-electron chi connectivity index (χ1n) is 9.57. The van der Waals surface area contributed by atoms with E-state index in [1.807, 2.05) is 6.07 Å². The molecule has 2 fully saturated rings. The van der Waals surface area contributed by atoms with E-state index in [0.29, 0.717) is 5.92 Å². The van der Waals surface area contributed by atoms with Crippen LogP contribution in [0.25, 0.3) is 0 Å². The first-order valence-corrected chi connectivity index (χ1v) is 9.57. The Morgan fingerprint density at radius 1 is 1.15 bits per heavy atom. The van der Waals surface area contributed by atoms with Gasteiger partial charge >= 0.3 is 0 Å². The third kappa shape index (κ3) is 5.67. The van der Waals surface area contributed by atoms with E-state index >= 15 is 0 Å². The third-order valence-electron chi connectivity index (χ3n) is 5.07. The smallest absolute Gasteiger partial charge is 0.225 e. The lowest BCUT2D eigenvalue weighted by Gasteiger charge is -2.36. The van der Waals surface area contributed by atoms with Gasteiger partial charge in [-0.2, -0.15) is 0 Å². The average molecular weight is 473 g/mol. The number of nitrogens with one attached hydrogen (secondary N) is 1. The van der Waals surface area contributed by atoms with Gasteiger partial charge in [-0.05, 0) is 38.4 Å². The van der Waals surface area contributed by atoms with Gasteiger partial charge in [-0.1, -0.05) is 6.92 Å². The zero-order chi connectivity index (χ0) is 17.5. The Labute approximate surface area is 174 Å². The second kappa shape index (κ2) is 10.9. The Bertz CT molecular complexity index is 546. The SMILES string of the molecule is CCNC(=NCC1CCN(CC)C1)N1CCN(c2ncccn2)CC1.I. The second-order valence-electron chi connectivity index (χ2n) is 6.77. The minimum Gasteiger partial charge on any atom is -0.357 e. The van der Waals surface area contributed by atoms with Crippen molar-refractivity contribution in [3.63, 3.8) is 0 Å². The van der Waals surface area contributed by atoms with Crippen molar-refractivity contribution in [1.29, 1.82) is 0 Å². The number of aliphatic imine (C=N–C) groups is 1. The summed E-state index contributed by atoms with van der Waals surface area (Å²) in [4.78, 5) is 20.8. The molecular formula is C18H32IN7. The van der Waals surface area contributed by atoms with E-state index in [4.69, 9.17) is 4.99 Å². The van der Waals surface area contributed by atoms with Crippen LogP contribution in [0.4, 0.5) is 5.95 Å². The number of anilines is 1. The van der Waals surface area contributed by atoms with Gasteiger partial charge in [-0.15, -0.1) is 24.0 Å². The number of rotatable bonds is 5. The number of guanidine groups is 1. The molecule has 1 aromatic heterocycles. The van der Waals surface area contributed by atoms with Gasteiger partial charge in [0.05, 0.1) is 0 Å². The predicted molar refractivity (Wildman–Crippen MR) is 117 cm³/mol. The highest BCUT2D eigenvalue weighted by Crippen LogP contribution is 2.16. The van der Waals surface area contributed by atoms with Crippen molar-refractivity contribution in [1.82, 2.24) is 25.1 Å². The van der Waals surface area contributed by atoms with Gasteiger partial charge in [0.25, 0.3) is 0 Å². The van der Waals surface area contributed by atoms with Crippen LogP contribution in [0.15, 0.2) is 23.5 Å². The largest absolute Gasteiger partial charge is 0.357 e. The molecule has 2 aliphatic heterocycles. The van der Waals surface area contributed by atoms with Gasteiger partial charge in [0.1, 0.15) is 0 Å². The standard InChI is InChI=1S/C18H31N7.HI/c1-3-19-17(22-14-16-6-9-23(4-2)15-16)24-10-12-25(13-11-24)18-20-7-5-8-21-18;/h5,7-8,16H,3-4,6,9-15H2,1-2H3,(H,19,22);1H. The van der Waals surface area contributed by atoms with Crippen molar-refractivity contribution in [2.45, 2.75) is 20.3 Å². The number of halogens is 1. The summed E-state index contributed by atoms with van der Waals surface area (Å²) in [6, 6.07) is 1.86. The molecule has 0 spiro atoms. The quantitative estimate of drug-likeness (QED) is 0.398. The van der Waals surface area contributed by atoms with Gasteiger partial charge in [-0.3, -0.25) is 4.99 Å². The topological polar surface area (TPSA) is 59.9 Å². The predicted octanol–water partition coefficient (Wildman–Crippen LogP) is 1.52. The molecule has 146 valence electrons. The number of nitrogens with zero attached hydrogens (tertiary/aromatic N) is 6. The summed E-state index contributed by atoms with van der Waals surface area (Å²) in [6.07, 6.45) is 4.89. The maximum Gasteiger partial charge on any atom is 0.225 e. The molecule has 0 aromatic carbocycles. The van der Waals surface area contributed by atoms with Crippen LogP contribution in [0, 0.1) is 5.92 Å². The molecule has 3 rings (SSSR count). The molecule has 7 nitrogen and oxygen atoms in total. The van der Waals surface area contributed by atoms with Crippen molar-refractivity contribution < 1.29 is 0 Å². The number of piperazine rings is 1. The fourth-order valence-electron chi connectivity index (χ4n) is 3.56. The van der Waals surface area contributed by atoms with Crippen LogP contribution in [0.3, 0.4) is 0 Å². The summed E-state index contributed by atoms with van der Waals surface area (Å²) in [5, 5.41) is 3.47. The fourth-order valence-corrected chi connectivity index (χ4v) is 3.56. The average Bonchev–Trinajstić information content (AvgIpc) is 3.14. The van der Waals surface area contributed by atoms with Crippen molar-refractivity contribution in [2.24, 2.45) is 10.9 Å². The number of likely N-dealkylation sites (tertiary alicyclic amines) is 1. The fraction of sp³-hybridized carbons (Fsp3) is 0.722. The molecule has 0 saturated carbocycles. The molecule has 3 heterocycles. The van der Waals surface area contributed by atoms with Gasteiger partial charge in [0, 0.05) is 58.2 Å². The van der Waals surface area contributed by atoms with E-state index in [9.17, 15) is 0 Å². The molecule has 2 aliphatic rings. The van der Waals surface area contributed by atoms with Gasteiger partial charge in [0.2, 0.25) is 5.95 Å². The molecule has 0 radical (unpaired) electrons. The third-order valence-corrected chi connectivity index (χ3v) is 5.07. The molecular weight excluding hydrogens is 441 g/mol. The number of aromatic nitrogens is 2. The van der Waals surface area contributed by atoms with E-state index in [-0.39, 0.29) is 24.0 Å². The van der Waals surface area contributed by atoms with Crippen LogP contribution in [-0.4, -0.2) is 84.6 Å². The lowest BCUT2D eigenvalue weighted by molar-refractivity contribution is 0.342. The summed E-state index contributed by atoms with van der Waals surface area (Å²) >= 11 is 0.